The highest BCUT2D eigenvalue weighted by Crippen LogP contribution is 2.36. The van der Waals surface area contributed by atoms with Crippen LogP contribution in [-0.4, -0.2) is 88.6 Å². The Morgan fingerprint density at radius 2 is 2.02 bits per heavy atom. The smallest absolute Gasteiger partial charge is 0.246 e. The van der Waals surface area contributed by atoms with Crippen molar-refractivity contribution in [3.63, 3.8) is 0 Å². The maximum atomic E-state index is 12.9. The first-order valence-electron chi connectivity index (χ1n) is 14.0. The molecule has 42 heavy (non-hydrogen) atoms. The number of piperazine rings is 1. The van der Waals surface area contributed by atoms with E-state index in [4.69, 9.17) is 14.5 Å². The van der Waals surface area contributed by atoms with Crippen LogP contribution < -0.4 is 19.7 Å². The number of likely N-dealkylation sites (N-methyl/N-ethyl adjacent to an activating group) is 1. The molecule has 216 valence electrons. The summed E-state index contributed by atoms with van der Waals surface area (Å²) in [7, 11) is 3.95. The molecule has 1 aromatic carbocycles. The van der Waals surface area contributed by atoms with Crippen molar-refractivity contribution in [3.05, 3.63) is 72.3 Å². The molecule has 0 aliphatic carbocycles. The summed E-state index contributed by atoms with van der Waals surface area (Å²) in [5.74, 6) is 3.44. The normalized spacial score (nSPS) is 16.4. The minimum atomic E-state index is -0.0735. The van der Waals surface area contributed by atoms with Gasteiger partial charge >= 0.3 is 0 Å². The van der Waals surface area contributed by atoms with Crippen molar-refractivity contribution >= 4 is 34.3 Å². The van der Waals surface area contributed by atoms with E-state index in [1.165, 1.54) is 6.33 Å². The third-order valence-corrected chi connectivity index (χ3v) is 7.33. The number of pyridine rings is 2. The monoisotopic (exact) mass is 566 g/mol. The quantitative estimate of drug-likeness (QED) is 0.329. The number of amides is 1. The molecule has 5 heterocycles. The molecular weight excluding hydrogens is 532 g/mol. The zero-order valence-electron chi connectivity index (χ0n) is 24.2. The number of aryl methyl sites for hydroxylation is 2. The number of nitrogens with zero attached hydrogens (tertiary/aromatic N) is 7. The van der Waals surface area contributed by atoms with Crippen LogP contribution in [0.3, 0.4) is 0 Å². The molecule has 2 aliphatic rings. The second kappa shape index (κ2) is 11.6. The summed E-state index contributed by atoms with van der Waals surface area (Å²) < 4.78 is 12.2. The third-order valence-electron chi connectivity index (χ3n) is 7.33. The summed E-state index contributed by atoms with van der Waals surface area (Å²) in [5.41, 5.74) is 4.07. The maximum Gasteiger partial charge on any atom is 0.246 e. The molecule has 2 bridgehead atoms. The van der Waals surface area contributed by atoms with Crippen molar-refractivity contribution in [2.24, 2.45) is 0 Å². The van der Waals surface area contributed by atoms with E-state index in [0.717, 1.165) is 35.1 Å². The SMILES string of the molecule is Cc1ccc(Oc2ccc(Nc3ncnc4cc5c(nc34)N3CCN(C(=O)/C=C/CN(C)C)[C@@H](CO5)C3)cc2C)cn1. The summed E-state index contributed by atoms with van der Waals surface area (Å²) in [4.78, 5) is 37.3. The van der Waals surface area contributed by atoms with E-state index in [-0.39, 0.29) is 11.9 Å². The van der Waals surface area contributed by atoms with Crippen LogP contribution in [0.5, 0.6) is 17.2 Å². The number of carbonyl (C=O) groups is 1. The molecule has 4 aromatic rings. The Hall–Kier alpha value is -4.77. The van der Waals surface area contributed by atoms with Crippen molar-refractivity contribution in [3.8, 4) is 17.2 Å². The summed E-state index contributed by atoms with van der Waals surface area (Å²) in [6.45, 7) is 6.95. The molecule has 1 saturated heterocycles. The molecule has 3 aromatic heterocycles. The van der Waals surface area contributed by atoms with Gasteiger partial charge in [-0.15, -0.1) is 0 Å². The number of carbonyl (C=O) groups excluding carboxylic acids is 1. The predicted molar refractivity (Wildman–Crippen MR) is 162 cm³/mol. The molecule has 0 spiro atoms. The Bertz CT molecular complexity index is 1640. The Labute approximate surface area is 244 Å². The molecule has 6 rings (SSSR count). The summed E-state index contributed by atoms with van der Waals surface area (Å²) in [5, 5.41) is 3.41. The Morgan fingerprint density at radius 3 is 2.81 bits per heavy atom. The summed E-state index contributed by atoms with van der Waals surface area (Å²) >= 11 is 0. The first-order chi connectivity index (χ1) is 20.3. The lowest BCUT2D eigenvalue weighted by Crippen LogP contribution is -2.56. The van der Waals surface area contributed by atoms with E-state index in [1.54, 1.807) is 12.3 Å². The van der Waals surface area contributed by atoms with Gasteiger partial charge in [0.2, 0.25) is 5.91 Å². The molecule has 0 unspecified atom stereocenters. The molecule has 0 radical (unpaired) electrons. The van der Waals surface area contributed by atoms with Gasteiger partial charge in [0.15, 0.2) is 17.4 Å². The van der Waals surface area contributed by atoms with Gasteiger partial charge in [0.05, 0.1) is 17.8 Å². The lowest BCUT2D eigenvalue weighted by Gasteiger charge is -2.39. The van der Waals surface area contributed by atoms with Crippen molar-refractivity contribution < 1.29 is 14.3 Å². The van der Waals surface area contributed by atoms with Crippen LogP contribution >= 0.6 is 0 Å². The second-order valence-corrected chi connectivity index (χ2v) is 10.8. The van der Waals surface area contributed by atoms with E-state index in [1.807, 2.05) is 80.2 Å². The lowest BCUT2D eigenvalue weighted by molar-refractivity contribution is -0.129. The largest absolute Gasteiger partial charge is 0.487 e. The number of benzene rings is 1. The first kappa shape index (κ1) is 27.4. The van der Waals surface area contributed by atoms with Gasteiger partial charge in [-0.25, -0.2) is 15.0 Å². The van der Waals surface area contributed by atoms with E-state index in [2.05, 4.69) is 25.2 Å². The predicted octanol–water partition coefficient (Wildman–Crippen LogP) is 4.10. The zero-order chi connectivity index (χ0) is 29.2. The van der Waals surface area contributed by atoms with Crippen molar-refractivity contribution in [2.45, 2.75) is 19.9 Å². The second-order valence-electron chi connectivity index (χ2n) is 10.8. The minimum Gasteiger partial charge on any atom is -0.487 e. The number of nitrogens with one attached hydrogen (secondary N) is 1. The zero-order valence-corrected chi connectivity index (χ0v) is 24.2. The number of hydrogen-bond acceptors (Lipinski definition) is 10. The van der Waals surface area contributed by atoms with Crippen LogP contribution in [0.4, 0.5) is 17.3 Å². The van der Waals surface area contributed by atoms with Crippen LogP contribution in [0.2, 0.25) is 0 Å². The molecule has 1 atom stereocenters. The number of ether oxygens (including phenoxy) is 2. The Morgan fingerprint density at radius 1 is 1.14 bits per heavy atom. The fourth-order valence-electron chi connectivity index (χ4n) is 5.13. The van der Waals surface area contributed by atoms with E-state index in [0.29, 0.717) is 54.6 Å². The van der Waals surface area contributed by atoms with Gasteiger partial charge in [0.25, 0.3) is 0 Å². The highest BCUT2D eigenvalue weighted by molar-refractivity contribution is 5.90. The van der Waals surface area contributed by atoms with Crippen molar-refractivity contribution in [2.75, 3.05) is 57.1 Å². The maximum absolute atomic E-state index is 12.9. The number of rotatable bonds is 7. The molecule has 2 aliphatic heterocycles. The first-order valence-corrected chi connectivity index (χ1v) is 14.0. The van der Waals surface area contributed by atoms with Gasteiger partial charge < -0.3 is 29.5 Å². The molecule has 1 N–H and O–H groups in total. The topological polar surface area (TPSA) is 109 Å². The van der Waals surface area contributed by atoms with Crippen LogP contribution in [0.15, 0.2) is 61.1 Å². The number of fused-ring (bicyclic) bond motifs is 5. The standard InChI is InChI=1S/C31H34N8O3/c1-20-14-22(8-10-26(20)42-24-9-7-21(2)32-16-24)35-30-29-25(33-19-34-30)15-27-31(36-29)38-12-13-39(23(17-38)18-41-27)28(40)6-5-11-37(3)4/h5-10,14-16,19,23H,11-13,17-18H2,1-4H3,(H,33,34,35)/b6-5+/t23-/m1/s1. The molecule has 11 nitrogen and oxygen atoms in total. The number of anilines is 3. The van der Waals surface area contributed by atoms with E-state index < -0.39 is 0 Å². The van der Waals surface area contributed by atoms with Gasteiger partial charge in [-0.2, -0.15) is 0 Å². The van der Waals surface area contributed by atoms with Crippen molar-refractivity contribution in [1.29, 1.82) is 0 Å². The summed E-state index contributed by atoms with van der Waals surface area (Å²) in [6.07, 6.45) is 6.79. The Kier molecular flexibility index (Phi) is 7.58. The fourth-order valence-corrected chi connectivity index (χ4v) is 5.13. The van der Waals surface area contributed by atoms with Gasteiger partial charge in [-0.05, 0) is 63.8 Å². The van der Waals surface area contributed by atoms with E-state index in [9.17, 15) is 4.79 Å². The van der Waals surface area contributed by atoms with Crippen LogP contribution in [0.25, 0.3) is 11.0 Å². The van der Waals surface area contributed by atoms with Crippen LogP contribution in [-0.2, 0) is 4.79 Å². The molecule has 1 amide bonds. The van der Waals surface area contributed by atoms with Gasteiger partial charge in [-0.1, -0.05) is 6.08 Å². The number of aromatic nitrogens is 4. The molecule has 1 fully saturated rings. The average Bonchev–Trinajstić information content (AvgIpc) is 3.10. The fraction of sp³-hybridized carbons (Fsp3) is 0.323. The third kappa shape index (κ3) is 5.82. The van der Waals surface area contributed by atoms with Gasteiger partial charge in [-0.3, -0.25) is 9.78 Å². The molecule has 11 heteroatoms. The summed E-state index contributed by atoms with van der Waals surface area (Å²) in [6, 6.07) is 11.5. The highest BCUT2D eigenvalue weighted by Gasteiger charge is 2.35. The van der Waals surface area contributed by atoms with Crippen LogP contribution in [0.1, 0.15) is 11.3 Å². The highest BCUT2D eigenvalue weighted by atomic mass is 16.5. The lowest BCUT2D eigenvalue weighted by atomic mass is 10.1. The van der Waals surface area contributed by atoms with Crippen molar-refractivity contribution in [1.82, 2.24) is 29.7 Å². The van der Waals surface area contributed by atoms with E-state index >= 15 is 0 Å². The van der Waals surface area contributed by atoms with Crippen LogP contribution in [0, 0.1) is 13.8 Å². The minimum absolute atomic E-state index is 0.00812. The van der Waals surface area contributed by atoms with Gasteiger partial charge in [0, 0.05) is 49.7 Å². The molecule has 0 saturated carbocycles. The Balaban J connectivity index is 1.21. The number of hydrogen-bond donors (Lipinski definition) is 1. The van der Waals surface area contributed by atoms with Gasteiger partial charge in [0.1, 0.15) is 29.9 Å². The molecular formula is C31H34N8O3. The average molecular weight is 567 g/mol.